The highest BCUT2D eigenvalue weighted by Gasteiger charge is 2.15. The third-order valence-corrected chi connectivity index (χ3v) is 10.8. The van der Waals surface area contributed by atoms with Crippen molar-refractivity contribution in [3.8, 4) is 11.5 Å². The van der Waals surface area contributed by atoms with Crippen LogP contribution in [0.1, 0.15) is 27.8 Å². The smallest absolute Gasteiger partial charge is 0.296 e. The molecule has 0 aliphatic rings. The summed E-state index contributed by atoms with van der Waals surface area (Å²) in [5.41, 5.74) is 15.5. The van der Waals surface area contributed by atoms with Crippen molar-refractivity contribution in [1.29, 1.82) is 0 Å². The molecule has 312 valence electrons. The first-order valence-electron chi connectivity index (χ1n) is 19.2. The molecule has 0 aromatic heterocycles. The molecule has 0 fully saturated rings. The molecule has 0 aliphatic carbocycles. The van der Waals surface area contributed by atoms with Gasteiger partial charge < -0.3 is 20.9 Å². The normalized spacial score (nSPS) is 12.1. The first-order chi connectivity index (χ1) is 29.7. The minimum atomic E-state index is -4.45. The largest absolute Gasteiger partial charge is 0.505 e. The fourth-order valence-corrected chi connectivity index (χ4v) is 6.98. The summed E-state index contributed by atoms with van der Waals surface area (Å²) in [6.07, 6.45) is 0. The number of hydrogen-bond acceptors (Lipinski definition) is 14. The molecule has 5 N–H and O–H groups in total. The number of nitrogens with zero attached hydrogens (tertiary/aromatic N) is 8. The number of nitrogens with two attached hydrogens (primary N) is 1. The minimum absolute atomic E-state index is 0.0189. The third-order valence-electron chi connectivity index (χ3n) is 9.85. The zero-order valence-electron chi connectivity index (χ0n) is 34.4. The van der Waals surface area contributed by atoms with E-state index in [2.05, 4.69) is 46.2 Å². The Labute approximate surface area is 358 Å². The average molecular weight is 847 g/mol. The van der Waals surface area contributed by atoms with Crippen LogP contribution in [0.5, 0.6) is 11.5 Å². The van der Waals surface area contributed by atoms with Crippen LogP contribution in [0.4, 0.5) is 56.9 Å². The summed E-state index contributed by atoms with van der Waals surface area (Å²) in [6.45, 7) is 8.17. The maximum atomic E-state index is 11.7. The van der Waals surface area contributed by atoms with Gasteiger partial charge in [0.05, 0.1) is 35.5 Å². The molecule has 7 aromatic rings. The van der Waals surface area contributed by atoms with Crippen LogP contribution in [-0.4, -0.2) is 25.2 Å². The number of phenolic OH excluding ortho intramolecular Hbond substituents is 1. The van der Waals surface area contributed by atoms with Crippen LogP contribution in [0, 0.1) is 27.7 Å². The first-order valence-corrected chi connectivity index (χ1v) is 20.7. The number of fused-ring (bicyclic) bond motifs is 1. The molecule has 0 unspecified atom stereocenters. The highest BCUT2D eigenvalue weighted by Crippen LogP contribution is 2.41. The summed E-state index contributed by atoms with van der Waals surface area (Å²) in [4.78, 5) is -0.328. The molecule has 0 bridgehead atoms. The Balaban J connectivity index is 1.02. The van der Waals surface area contributed by atoms with E-state index in [9.17, 15) is 18.1 Å². The number of nitrogens with one attached hydrogen (secondary N) is 1. The average Bonchev–Trinajstić information content (AvgIpc) is 3.25. The van der Waals surface area contributed by atoms with Crippen molar-refractivity contribution in [2.45, 2.75) is 39.1 Å². The molecule has 7 rings (SSSR count). The number of rotatable bonds is 13. The molecule has 0 spiro atoms. The lowest BCUT2D eigenvalue weighted by Crippen LogP contribution is -1.99. The molecule has 0 aliphatic heterocycles. The summed E-state index contributed by atoms with van der Waals surface area (Å²) >= 11 is 0. The van der Waals surface area contributed by atoms with E-state index in [1.165, 1.54) is 25.3 Å². The molecule has 0 saturated carbocycles. The highest BCUT2D eigenvalue weighted by atomic mass is 32.2. The van der Waals surface area contributed by atoms with E-state index in [0.29, 0.717) is 57.5 Å². The van der Waals surface area contributed by atoms with Gasteiger partial charge >= 0.3 is 0 Å². The van der Waals surface area contributed by atoms with Gasteiger partial charge in [0.25, 0.3) is 10.1 Å². The number of aromatic hydroxyl groups is 1. The second-order valence-corrected chi connectivity index (χ2v) is 15.8. The lowest BCUT2D eigenvalue weighted by atomic mass is 10.1. The molecule has 16 heteroatoms. The van der Waals surface area contributed by atoms with Crippen LogP contribution in [0.25, 0.3) is 10.8 Å². The molecule has 0 saturated heterocycles. The summed E-state index contributed by atoms with van der Waals surface area (Å²) in [5, 5.41) is 51.0. The van der Waals surface area contributed by atoms with E-state index < -0.39 is 10.1 Å². The fraction of sp³-hybridized carbons (Fsp3) is 0.130. The Hall–Kier alpha value is -7.69. The number of benzene rings is 7. The number of methoxy groups -OCH3 is 1. The monoisotopic (exact) mass is 846 g/mol. The molecular formula is C46H42N10O5S. The number of hydrogen-bond donors (Lipinski definition) is 4. The van der Waals surface area contributed by atoms with Gasteiger partial charge in [0.1, 0.15) is 27.7 Å². The van der Waals surface area contributed by atoms with Crippen molar-refractivity contribution in [2.24, 2.45) is 40.9 Å². The quantitative estimate of drug-likeness (QED) is 0.0499. The molecule has 0 heterocycles. The van der Waals surface area contributed by atoms with Crippen molar-refractivity contribution in [3.05, 3.63) is 149 Å². The number of ether oxygens (including phenoxy) is 1. The molecule has 7 aromatic carbocycles. The molecule has 15 nitrogen and oxygen atoms in total. The van der Waals surface area contributed by atoms with Gasteiger partial charge in [-0.05, 0) is 146 Å². The van der Waals surface area contributed by atoms with E-state index in [-0.39, 0.29) is 16.3 Å². The highest BCUT2D eigenvalue weighted by molar-refractivity contribution is 7.86. The van der Waals surface area contributed by atoms with E-state index in [1.807, 2.05) is 88.4 Å². The lowest BCUT2D eigenvalue weighted by molar-refractivity contribution is 0.416. The third kappa shape index (κ3) is 10.0. The van der Waals surface area contributed by atoms with Gasteiger partial charge in [-0.1, -0.05) is 30.3 Å². The van der Waals surface area contributed by atoms with E-state index in [0.717, 1.165) is 44.6 Å². The molecule has 0 atom stereocenters. The van der Waals surface area contributed by atoms with Crippen LogP contribution >= 0.6 is 0 Å². The standard InChI is InChI=1S/C46H42N10O5S/c1-27-20-35(16-19-37(27)50-51-38-8-6-7-9-45(38)62(58,59)60)49-53-40-21-29(3)41(22-28(40)2)54-55-42-25-44(61-5)43(23-30(42)4)56-52-39-18-12-32-24-34(15-17-36(32)46(39)57)48-26-31-10-13-33(47)14-11-31/h6-25,48,57H,26,47H2,1-5H3,(H,58,59,60). The Morgan fingerprint density at radius 2 is 1.15 bits per heavy atom. The lowest BCUT2D eigenvalue weighted by Gasteiger charge is -2.10. The summed E-state index contributed by atoms with van der Waals surface area (Å²) in [7, 11) is -2.92. The number of anilines is 2. The zero-order chi connectivity index (χ0) is 44.0. The van der Waals surface area contributed by atoms with Crippen molar-refractivity contribution in [2.75, 3.05) is 18.2 Å². The fourth-order valence-electron chi connectivity index (χ4n) is 6.35. The van der Waals surface area contributed by atoms with Crippen molar-refractivity contribution in [3.63, 3.8) is 0 Å². The Kier molecular flexibility index (Phi) is 12.5. The topological polar surface area (TPSA) is 221 Å². The van der Waals surface area contributed by atoms with Gasteiger partial charge in [0, 0.05) is 29.4 Å². The maximum absolute atomic E-state index is 11.7. The number of azo groups is 4. The van der Waals surface area contributed by atoms with Crippen molar-refractivity contribution in [1.82, 2.24) is 0 Å². The Morgan fingerprint density at radius 3 is 1.82 bits per heavy atom. The van der Waals surface area contributed by atoms with E-state index >= 15 is 0 Å². The number of nitrogen functional groups attached to an aromatic ring is 1. The second-order valence-electron chi connectivity index (χ2n) is 14.4. The van der Waals surface area contributed by atoms with Gasteiger partial charge in [0.2, 0.25) is 0 Å². The predicted molar refractivity (Wildman–Crippen MR) is 242 cm³/mol. The summed E-state index contributed by atoms with van der Waals surface area (Å²) in [6, 6.07) is 35.4. The van der Waals surface area contributed by atoms with Crippen LogP contribution in [0.3, 0.4) is 0 Å². The van der Waals surface area contributed by atoms with Crippen LogP contribution in [0.15, 0.2) is 167 Å². The first kappa shape index (κ1) is 42.4. The van der Waals surface area contributed by atoms with Gasteiger partial charge in [-0.15, -0.1) is 15.3 Å². The summed E-state index contributed by atoms with van der Waals surface area (Å²) < 4.78 is 38.5. The van der Waals surface area contributed by atoms with Gasteiger partial charge in [0.15, 0.2) is 5.75 Å². The molecule has 0 amide bonds. The van der Waals surface area contributed by atoms with Crippen LogP contribution in [-0.2, 0) is 16.7 Å². The molecular weight excluding hydrogens is 805 g/mol. The van der Waals surface area contributed by atoms with Crippen LogP contribution < -0.4 is 15.8 Å². The SMILES string of the molecule is COc1cc(N=Nc2cc(C)c(N=Nc3ccc(N=Nc4ccccc4S(=O)(=O)O)c(C)c3)cc2C)c(C)cc1N=Nc1ccc2cc(NCc3ccc(N)cc3)ccc2c1O. The van der Waals surface area contributed by atoms with Gasteiger partial charge in [-0.25, -0.2) is 0 Å². The minimum Gasteiger partial charge on any atom is -0.505 e. The second kappa shape index (κ2) is 18.3. The Morgan fingerprint density at radius 1 is 0.581 bits per heavy atom. The number of phenols is 1. The zero-order valence-corrected chi connectivity index (χ0v) is 35.3. The van der Waals surface area contributed by atoms with E-state index in [4.69, 9.17) is 10.5 Å². The summed E-state index contributed by atoms with van der Waals surface area (Å²) in [5.74, 6) is 0.452. The number of aryl methyl sites for hydroxylation is 4. The van der Waals surface area contributed by atoms with Crippen molar-refractivity contribution >= 4 is 77.8 Å². The van der Waals surface area contributed by atoms with E-state index in [1.54, 1.807) is 42.5 Å². The van der Waals surface area contributed by atoms with Crippen LogP contribution in [0.2, 0.25) is 0 Å². The molecule has 0 radical (unpaired) electrons. The Bertz CT molecular complexity index is 3060. The van der Waals surface area contributed by atoms with Gasteiger partial charge in [-0.2, -0.15) is 34.0 Å². The predicted octanol–water partition coefficient (Wildman–Crippen LogP) is 13.9. The van der Waals surface area contributed by atoms with Gasteiger partial charge in [-0.3, -0.25) is 4.55 Å². The molecule has 62 heavy (non-hydrogen) atoms. The van der Waals surface area contributed by atoms with Crippen molar-refractivity contribution < 1.29 is 22.8 Å². The maximum Gasteiger partial charge on any atom is 0.296 e.